The van der Waals surface area contributed by atoms with Gasteiger partial charge in [0.15, 0.2) is 6.10 Å². The van der Waals surface area contributed by atoms with Crippen LogP contribution in [0.25, 0.3) is 10.9 Å². The number of carbonyl (C=O) groups is 4. The Bertz CT molecular complexity index is 1720. The van der Waals surface area contributed by atoms with Crippen molar-refractivity contribution in [2.45, 2.75) is 63.6 Å². The lowest BCUT2D eigenvalue weighted by molar-refractivity contribution is -0.133. The number of rotatable bonds is 14. The Morgan fingerprint density at radius 1 is 0.894 bits per heavy atom. The molecule has 4 aromatic rings. The highest BCUT2D eigenvalue weighted by Gasteiger charge is 2.62. The van der Waals surface area contributed by atoms with Gasteiger partial charge in [0, 0.05) is 5.39 Å². The lowest BCUT2D eigenvalue weighted by atomic mass is 9.96. The van der Waals surface area contributed by atoms with E-state index in [2.05, 4.69) is 20.9 Å². The first-order chi connectivity index (χ1) is 22.6. The summed E-state index contributed by atoms with van der Waals surface area (Å²) in [7, 11) is 0. The van der Waals surface area contributed by atoms with E-state index in [0.29, 0.717) is 18.4 Å². The van der Waals surface area contributed by atoms with Crippen molar-refractivity contribution in [1.82, 2.24) is 20.9 Å². The van der Waals surface area contributed by atoms with E-state index >= 15 is 0 Å². The summed E-state index contributed by atoms with van der Waals surface area (Å²) in [6.45, 7) is 3.94. The Morgan fingerprint density at radius 3 is 2.28 bits per heavy atom. The maximum absolute atomic E-state index is 13.6. The number of carbonyl (C=O) groups excluding carboxylic acids is 4. The lowest BCUT2D eigenvalue weighted by Gasteiger charge is -2.25. The van der Waals surface area contributed by atoms with Crippen molar-refractivity contribution in [2.75, 3.05) is 0 Å². The molecule has 11 nitrogen and oxygen atoms in total. The Hall–Kier alpha value is -5.29. The summed E-state index contributed by atoms with van der Waals surface area (Å²) >= 11 is 0. The molecule has 4 atom stereocenters. The number of nitrogens with two attached hydrogens (primary N) is 1. The van der Waals surface area contributed by atoms with Crippen LogP contribution in [0.1, 0.15) is 60.8 Å². The van der Waals surface area contributed by atoms with Gasteiger partial charge in [-0.2, -0.15) is 0 Å². The molecule has 1 saturated heterocycles. The number of fused-ring (bicyclic) bond motifs is 1. The molecule has 47 heavy (non-hydrogen) atoms. The van der Waals surface area contributed by atoms with Crippen LogP contribution in [0.15, 0.2) is 97.1 Å². The summed E-state index contributed by atoms with van der Waals surface area (Å²) in [5.41, 5.74) is 8.12. The van der Waals surface area contributed by atoms with E-state index in [1.165, 1.54) is 6.07 Å². The molecule has 11 heteroatoms. The van der Waals surface area contributed by atoms with Crippen molar-refractivity contribution >= 4 is 34.7 Å². The van der Waals surface area contributed by atoms with E-state index in [1.807, 2.05) is 86.6 Å². The second-order valence-corrected chi connectivity index (χ2v) is 11.9. The highest BCUT2D eigenvalue weighted by atomic mass is 16.8. The largest absolute Gasteiger partial charge is 0.411 e. The highest BCUT2D eigenvalue weighted by Crippen LogP contribution is 2.39. The molecule has 1 aromatic heterocycles. The summed E-state index contributed by atoms with van der Waals surface area (Å²) in [5.74, 6) is -4.08. The molecule has 1 unspecified atom stereocenters. The van der Waals surface area contributed by atoms with E-state index in [4.69, 9.17) is 15.2 Å². The second-order valence-electron chi connectivity index (χ2n) is 11.9. The zero-order valence-electron chi connectivity index (χ0n) is 26.3. The summed E-state index contributed by atoms with van der Waals surface area (Å²) < 4.78 is 11.7. The van der Waals surface area contributed by atoms with Gasteiger partial charge in [0.25, 0.3) is 5.91 Å². The molecule has 1 aliphatic rings. The molecule has 0 spiro atoms. The van der Waals surface area contributed by atoms with Gasteiger partial charge in [-0.15, -0.1) is 0 Å². The summed E-state index contributed by atoms with van der Waals surface area (Å²) in [6, 6.07) is 28.1. The lowest BCUT2D eigenvalue weighted by Crippen LogP contribution is -2.55. The van der Waals surface area contributed by atoms with Gasteiger partial charge in [0.2, 0.25) is 11.8 Å². The first kappa shape index (κ1) is 33.1. The van der Waals surface area contributed by atoms with Crippen molar-refractivity contribution < 1.29 is 28.7 Å². The third kappa shape index (κ3) is 8.71. The minimum Gasteiger partial charge on any atom is -0.395 e. The van der Waals surface area contributed by atoms with Crippen LogP contribution >= 0.6 is 0 Å². The Labute approximate surface area is 273 Å². The first-order valence-corrected chi connectivity index (χ1v) is 15.7. The van der Waals surface area contributed by atoms with Crippen LogP contribution in [0.2, 0.25) is 0 Å². The molecule has 2 heterocycles. The number of amides is 4. The molecule has 1 aliphatic heterocycles. The number of aryl methyl sites for hydroxylation is 1. The number of aromatic nitrogens is 1. The number of alkyl carbamates (subject to hydrolysis) is 1. The van der Waals surface area contributed by atoms with Gasteiger partial charge >= 0.3 is 12.0 Å². The average molecular weight is 638 g/mol. The van der Waals surface area contributed by atoms with Gasteiger partial charge in [-0.25, -0.2) is 9.78 Å². The first-order valence-electron chi connectivity index (χ1n) is 15.7. The second kappa shape index (κ2) is 14.9. The Kier molecular flexibility index (Phi) is 10.5. The summed E-state index contributed by atoms with van der Waals surface area (Å²) in [6.07, 6.45) is -0.0701. The van der Waals surface area contributed by atoms with E-state index < -0.39 is 48.3 Å². The third-order valence-corrected chi connectivity index (χ3v) is 7.96. The molecule has 5 rings (SSSR count). The van der Waals surface area contributed by atoms with Crippen LogP contribution in [0, 0.1) is 5.92 Å². The third-order valence-electron chi connectivity index (χ3n) is 7.96. The average Bonchev–Trinajstić information content (AvgIpc) is 3.73. The van der Waals surface area contributed by atoms with Crippen LogP contribution in [0.4, 0.5) is 4.79 Å². The number of pyridine rings is 1. The Balaban J connectivity index is 1.31. The number of benzene rings is 3. The number of hydrogen-bond donors (Lipinski definition) is 4. The fraction of sp³-hybridized carbons (Fsp3) is 0.306. The molecule has 0 radical (unpaired) electrons. The van der Waals surface area contributed by atoms with Crippen molar-refractivity contribution in [1.29, 1.82) is 0 Å². The minimum absolute atomic E-state index is 0.0242. The predicted octanol–water partition coefficient (Wildman–Crippen LogP) is 4.52. The van der Waals surface area contributed by atoms with Crippen molar-refractivity contribution in [3.05, 3.63) is 114 Å². The molecule has 0 bridgehead atoms. The van der Waals surface area contributed by atoms with Crippen molar-refractivity contribution in [3.8, 4) is 0 Å². The van der Waals surface area contributed by atoms with Gasteiger partial charge in [0.05, 0.1) is 18.0 Å². The fourth-order valence-corrected chi connectivity index (χ4v) is 5.47. The van der Waals surface area contributed by atoms with Gasteiger partial charge in [-0.1, -0.05) is 98.8 Å². The SMILES string of the molecule is CC(C)[C@H](NC(=O)OC1(NC(=O)[C@H](CC(N)=O)NC(=O)c2ccc3ccccc3n2)O[C@H]1CCCc1ccccc1)c1ccccc1. The van der Waals surface area contributed by atoms with Crippen LogP contribution in [-0.2, 0) is 25.5 Å². The Morgan fingerprint density at radius 2 is 1.57 bits per heavy atom. The number of para-hydroxylation sites is 1. The molecule has 1 fully saturated rings. The molecule has 4 amide bonds. The van der Waals surface area contributed by atoms with E-state index in [-0.39, 0.29) is 17.7 Å². The monoisotopic (exact) mass is 637 g/mol. The zero-order chi connectivity index (χ0) is 33.4. The maximum Gasteiger partial charge on any atom is 0.411 e. The number of epoxide rings is 1. The smallest absolute Gasteiger partial charge is 0.395 e. The predicted molar refractivity (Wildman–Crippen MR) is 176 cm³/mol. The molecular formula is C36H39N5O6. The molecule has 5 N–H and O–H groups in total. The highest BCUT2D eigenvalue weighted by molar-refractivity contribution is 5.99. The molecular weight excluding hydrogens is 598 g/mol. The zero-order valence-corrected chi connectivity index (χ0v) is 26.3. The summed E-state index contributed by atoms with van der Waals surface area (Å²) in [4.78, 5) is 56.5. The fourth-order valence-electron chi connectivity index (χ4n) is 5.47. The number of nitrogens with zero attached hydrogens (tertiary/aromatic N) is 1. The van der Waals surface area contributed by atoms with Gasteiger partial charge in [-0.3, -0.25) is 19.7 Å². The maximum atomic E-state index is 13.6. The quantitative estimate of drug-likeness (QED) is 0.117. The van der Waals surface area contributed by atoms with Crippen LogP contribution < -0.4 is 21.7 Å². The molecule has 244 valence electrons. The van der Waals surface area contributed by atoms with Gasteiger partial charge in [0.1, 0.15) is 11.7 Å². The minimum atomic E-state index is -1.81. The van der Waals surface area contributed by atoms with Crippen LogP contribution in [-0.4, -0.2) is 46.9 Å². The molecule has 0 aliphatic carbocycles. The molecule has 0 saturated carbocycles. The number of hydrogen-bond acceptors (Lipinski definition) is 7. The van der Waals surface area contributed by atoms with Crippen LogP contribution in [0.3, 0.4) is 0 Å². The van der Waals surface area contributed by atoms with Crippen molar-refractivity contribution in [3.63, 3.8) is 0 Å². The van der Waals surface area contributed by atoms with E-state index in [9.17, 15) is 19.2 Å². The van der Waals surface area contributed by atoms with E-state index in [0.717, 1.165) is 22.9 Å². The van der Waals surface area contributed by atoms with Crippen LogP contribution in [0.5, 0.6) is 0 Å². The van der Waals surface area contributed by atoms with Gasteiger partial charge in [-0.05, 0) is 48.4 Å². The number of nitrogens with one attached hydrogen (secondary N) is 3. The number of primary amides is 1. The van der Waals surface area contributed by atoms with Crippen molar-refractivity contribution in [2.24, 2.45) is 11.7 Å². The summed E-state index contributed by atoms with van der Waals surface area (Å²) in [5, 5.41) is 8.93. The standard InChI is InChI=1S/C36H39N5O6/c1-23(2)32(26-16-7-4-8-17-26)40-35(45)47-36(30(46-36)19-11-14-24-12-5-3-6-13-24)41-34(44)29(22-31(37)42)39-33(43)28-21-20-25-15-9-10-18-27(25)38-28/h3-10,12-13,15-18,20-21,23,29-30,32H,11,14,19,22H2,1-2H3,(H2,37,42)(H,39,43)(H,40,45)(H,41,44)/t29-,30-,32-,36?/m0/s1. The molecule has 3 aromatic carbocycles. The topological polar surface area (TPSA) is 165 Å². The van der Waals surface area contributed by atoms with E-state index in [1.54, 1.807) is 18.2 Å². The normalized spacial score (nSPS) is 18.1. The van der Waals surface area contributed by atoms with Gasteiger partial charge < -0.3 is 25.8 Å². The number of ether oxygens (including phenoxy) is 2.